The van der Waals surface area contributed by atoms with E-state index in [4.69, 9.17) is 5.11 Å². The van der Waals surface area contributed by atoms with Gasteiger partial charge in [-0.05, 0) is 54.0 Å². The van der Waals surface area contributed by atoms with E-state index < -0.39 is 11.4 Å². The number of aryl methyl sites for hydroxylation is 3. The summed E-state index contributed by atoms with van der Waals surface area (Å²) in [6.45, 7) is 11.1. The first-order valence-electron chi connectivity index (χ1n) is 8.89. The third-order valence-corrected chi connectivity index (χ3v) is 4.59. The van der Waals surface area contributed by atoms with Crippen molar-refractivity contribution < 1.29 is 14.7 Å². The van der Waals surface area contributed by atoms with Gasteiger partial charge in [-0.2, -0.15) is 5.10 Å². The lowest BCUT2D eigenvalue weighted by atomic mass is 9.90. The van der Waals surface area contributed by atoms with Gasteiger partial charge in [0.15, 0.2) is 0 Å². The van der Waals surface area contributed by atoms with Crippen LogP contribution >= 0.6 is 0 Å². The van der Waals surface area contributed by atoms with E-state index in [2.05, 4.69) is 20.4 Å². The Kier molecular flexibility index (Phi) is 5.98. The van der Waals surface area contributed by atoms with E-state index in [1.807, 2.05) is 33.8 Å². The maximum atomic E-state index is 12.3. The molecule has 0 aliphatic heterocycles. The molecule has 0 fully saturated rings. The lowest BCUT2D eigenvalue weighted by Crippen LogP contribution is -2.32. The number of carbonyl (C=O) groups excluding carboxylic acids is 1. The van der Waals surface area contributed by atoms with Gasteiger partial charge in [-0.3, -0.25) is 9.59 Å². The van der Waals surface area contributed by atoms with Crippen LogP contribution in [0.3, 0.4) is 0 Å². The van der Waals surface area contributed by atoms with Crippen molar-refractivity contribution in [2.24, 2.45) is 5.41 Å². The molecule has 1 amide bonds. The lowest BCUT2D eigenvalue weighted by molar-refractivity contribution is -0.147. The van der Waals surface area contributed by atoms with Gasteiger partial charge in [0.25, 0.3) is 5.95 Å². The third-order valence-electron chi connectivity index (χ3n) is 4.59. The SMILES string of the molecule is Cc1cc(C)nc(-n2nc(C)c(CC(=O)NCCC(C)(C)C(=O)O)c2C)n1. The minimum atomic E-state index is -0.877. The van der Waals surface area contributed by atoms with Crippen molar-refractivity contribution in [3.05, 3.63) is 34.4 Å². The van der Waals surface area contributed by atoms with Crippen LogP contribution in [-0.2, 0) is 16.0 Å². The number of carbonyl (C=O) groups is 2. The molecule has 2 aromatic heterocycles. The third kappa shape index (κ3) is 4.90. The van der Waals surface area contributed by atoms with Crippen LogP contribution in [0.5, 0.6) is 0 Å². The second kappa shape index (κ2) is 7.85. The van der Waals surface area contributed by atoms with Crippen LogP contribution in [0.15, 0.2) is 6.07 Å². The Balaban J connectivity index is 2.10. The maximum Gasteiger partial charge on any atom is 0.309 e. The van der Waals surface area contributed by atoms with Crippen LogP contribution < -0.4 is 5.32 Å². The minimum Gasteiger partial charge on any atom is -0.481 e. The normalized spacial score (nSPS) is 11.5. The predicted octanol–water partition coefficient (Wildman–Crippen LogP) is 2.06. The smallest absolute Gasteiger partial charge is 0.309 e. The van der Waals surface area contributed by atoms with Crippen molar-refractivity contribution in [1.29, 1.82) is 0 Å². The standard InChI is InChI=1S/C19H27N5O3/c1-11-9-12(2)22-18(21-11)24-14(4)15(13(3)23-24)10-16(25)20-8-7-19(5,6)17(26)27/h9H,7-8,10H2,1-6H3,(H,20,25)(H,26,27). The fourth-order valence-corrected chi connectivity index (χ4v) is 2.77. The highest BCUT2D eigenvalue weighted by molar-refractivity contribution is 5.79. The fourth-order valence-electron chi connectivity index (χ4n) is 2.77. The highest BCUT2D eigenvalue weighted by Gasteiger charge is 2.26. The molecule has 2 aromatic rings. The fraction of sp³-hybridized carbons (Fsp3) is 0.526. The molecule has 0 atom stereocenters. The molecule has 0 bridgehead atoms. The first kappa shape index (κ1) is 20.5. The minimum absolute atomic E-state index is 0.164. The first-order chi connectivity index (χ1) is 12.5. The Morgan fingerprint density at radius 3 is 2.30 bits per heavy atom. The Bertz CT molecular complexity index is 850. The topological polar surface area (TPSA) is 110 Å². The highest BCUT2D eigenvalue weighted by Crippen LogP contribution is 2.20. The van der Waals surface area contributed by atoms with Gasteiger partial charge in [0.1, 0.15) is 0 Å². The number of aromatic nitrogens is 4. The molecule has 8 nitrogen and oxygen atoms in total. The largest absolute Gasteiger partial charge is 0.481 e. The average molecular weight is 373 g/mol. The van der Waals surface area contributed by atoms with Crippen LogP contribution in [0.2, 0.25) is 0 Å². The van der Waals surface area contributed by atoms with E-state index in [0.29, 0.717) is 18.9 Å². The molecule has 0 radical (unpaired) electrons. The quantitative estimate of drug-likeness (QED) is 0.769. The number of hydrogen-bond acceptors (Lipinski definition) is 5. The monoisotopic (exact) mass is 373 g/mol. The number of rotatable bonds is 7. The second-order valence-electron chi connectivity index (χ2n) is 7.48. The van der Waals surface area contributed by atoms with E-state index in [-0.39, 0.29) is 12.3 Å². The van der Waals surface area contributed by atoms with E-state index >= 15 is 0 Å². The Morgan fingerprint density at radius 2 is 1.74 bits per heavy atom. The van der Waals surface area contributed by atoms with E-state index in [1.165, 1.54) is 0 Å². The number of hydrogen-bond donors (Lipinski definition) is 2. The number of aliphatic carboxylic acids is 1. The summed E-state index contributed by atoms with van der Waals surface area (Å²) in [7, 11) is 0. The molecule has 0 aliphatic carbocycles. The van der Waals surface area contributed by atoms with Crippen molar-refractivity contribution in [2.75, 3.05) is 6.54 Å². The summed E-state index contributed by atoms with van der Waals surface area (Å²) in [4.78, 5) is 32.3. The summed E-state index contributed by atoms with van der Waals surface area (Å²) < 4.78 is 1.66. The summed E-state index contributed by atoms with van der Waals surface area (Å²) in [5, 5.41) is 16.4. The van der Waals surface area contributed by atoms with Gasteiger partial charge in [-0.25, -0.2) is 14.6 Å². The lowest BCUT2D eigenvalue weighted by Gasteiger charge is -2.18. The summed E-state index contributed by atoms with van der Waals surface area (Å²) in [6, 6.07) is 1.89. The summed E-state index contributed by atoms with van der Waals surface area (Å²) in [5.74, 6) is -0.551. The van der Waals surface area contributed by atoms with Crippen LogP contribution in [0.25, 0.3) is 5.95 Å². The van der Waals surface area contributed by atoms with Crippen molar-refractivity contribution in [1.82, 2.24) is 25.1 Å². The molecule has 27 heavy (non-hydrogen) atoms. The van der Waals surface area contributed by atoms with E-state index in [1.54, 1.807) is 18.5 Å². The molecule has 0 aromatic carbocycles. The van der Waals surface area contributed by atoms with Crippen LogP contribution in [0.1, 0.15) is 48.6 Å². The van der Waals surface area contributed by atoms with Gasteiger partial charge in [0.2, 0.25) is 5.91 Å². The number of nitrogens with zero attached hydrogens (tertiary/aromatic N) is 4. The number of carboxylic acids is 1. The van der Waals surface area contributed by atoms with E-state index in [9.17, 15) is 9.59 Å². The molecule has 146 valence electrons. The molecule has 8 heteroatoms. The Labute approximate surface area is 159 Å². The molecule has 0 spiro atoms. The molecule has 0 saturated heterocycles. The zero-order valence-corrected chi connectivity index (χ0v) is 16.8. The van der Waals surface area contributed by atoms with Gasteiger partial charge >= 0.3 is 5.97 Å². The molecular weight excluding hydrogens is 346 g/mol. The zero-order chi connectivity index (χ0) is 20.4. The molecule has 0 saturated carbocycles. The molecule has 0 unspecified atom stereocenters. The number of nitrogens with one attached hydrogen (secondary N) is 1. The Morgan fingerprint density at radius 1 is 1.15 bits per heavy atom. The molecule has 2 rings (SSSR count). The van der Waals surface area contributed by atoms with Crippen molar-refractivity contribution in [3.63, 3.8) is 0 Å². The summed E-state index contributed by atoms with van der Waals surface area (Å²) in [5.41, 5.74) is 3.23. The second-order valence-corrected chi connectivity index (χ2v) is 7.48. The first-order valence-corrected chi connectivity index (χ1v) is 8.89. The van der Waals surface area contributed by atoms with Crippen molar-refractivity contribution in [3.8, 4) is 5.95 Å². The van der Waals surface area contributed by atoms with E-state index in [0.717, 1.165) is 28.3 Å². The van der Waals surface area contributed by atoms with Gasteiger partial charge < -0.3 is 10.4 Å². The number of carboxylic acid groups (broad SMARTS) is 1. The molecule has 0 aliphatic rings. The van der Waals surface area contributed by atoms with Gasteiger partial charge in [-0.15, -0.1) is 0 Å². The van der Waals surface area contributed by atoms with Gasteiger partial charge in [-0.1, -0.05) is 0 Å². The maximum absolute atomic E-state index is 12.3. The van der Waals surface area contributed by atoms with Crippen LogP contribution in [0.4, 0.5) is 0 Å². The average Bonchev–Trinajstić information content (AvgIpc) is 2.82. The van der Waals surface area contributed by atoms with Gasteiger partial charge in [0, 0.05) is 29.2 Å². The molecular formula is C19H27N5O3. The van der Waals surface area contributed by atoms with Crippen molar-refractivity contribution >= 4 is 11.9 Å². The predicted molar refractivity (Wildman–Crippen MR) is 101 cm³/mol. The van der Waals surface area contributed by atoms with Gasteiger partial charge in [0.05, 0.1) is 17.5 Å². The molecule has 2 heterocycles. The van der Waals surface area contributed by atoms with Crippen molar-refractivity contribution in [2.45, 2.75) is 54.4 Å². The summed E-state index contributed by atoms with van der Waals surface area (Å²) in [6.07, 6.45) is 0.539. The number of amides is 1. The van der Waals surface area contributed by atoms with Crippen LogP contribution in [0, 0.1) is 33.1 Å². The van der Waals surface area contributed by atoms with Crippen LogP contribution in [-0.4, -0.2) is 43.3 Å². The highest BCUT2D eigenvalue weighted by atomic mass is 16.4. The zero-order valence-electron chi connectivity index (χ0n) is 16.8. The Hall–Kier alpha value is -2.77. The summed E-state index contributed by atoms with van der Waals surface area (Å²) >= 11 is 0. The molecule has 2 N–H and O–H groups in total.